The van der Waals surface area contributed by atoms with Crippen LogP contribution in [0.1, 0.15) is 23.0 Å². The van der Waals surface area contributed by atoms with Crippen molar-refractivity contribution in [2.24, 2.45) is 0 Å². The normalized spacial score (nSPS) is 14.4. The minimum Gasteiger partial charge on any atom is -0.457 e. The number of benzene rings is 2. The molecule has 1 aromatic heterocycles. The standard InChI is InChI=1S/C23H22ClFN4O3/c1-16(30)22-6-7-29(26-22)23(31)28-10-8-27(9-11-28)15-17-12-19(25)14-21(13-17)32-20-4-2-18(24)3-5-20/h2-7,12-14H,8-11,15H2,1H3. The van der Waals surface area contributed by atoms with Crippen molar-refractivity contribution in [1.29, 1.82) is 0 Å². The van der Waals surface area contributed by atoms with Gasteiger partial charge >= 0.3 is 6.03 Å². The van der Waals surface area contributed by atoms with Crippen LogP contribution in [0.2, 0.25) is 5.02 Å². The number of hydrogen-bond donors (Lipinski definition) is 0. The van der Waals surface area contributed by atoms with Crippen LogP contribution in [0.25, 0.3) is 0 Å². The lowest BCUT2D eigenvalue weighted by Gasteiger charge is -2.34. The molecule has 7 nitrogen and oxygen atoms in total. The fourth-order valence-corrected chi connectivity index (χ4v) is 3.65. The lowest BCUT2D eigenvalue weighted by Crippen LogP contribution is -2.49. The van der Waals surface area contributed by atoms with E-state index in [4.69, 9.17) is 16.3 Å². The summed E-state index contributed by atoms with van der Waals surface area (Å²) in [6, 6.07) is 12.8. The topological polar surface area (TPSA) is 67.7 Å². The fourth-order valence-electron chi connectivity index (χ4n) is 3.53. The molecule has 1 fully saturated rings. The number of nitrogens with zero attached hydrogens (tertiary/aromatic N) is 4. The van der Waals surface area contributed by atoms with Gasteiger partial charge in [0.05, 0.1) is 0 Å². The molecule has 0 saturated carbocycles. The molecule has 1 amide bonds. The Morgan fingerprint density at radius 1 is 1.03 bits per heavy atom. The Morgan fingerprint density at radius 2 is 1.75 bits per heavy atom. The van der Waals surface area contributed by atoms with Crippen LogP contribution in [-0.2, 0) is 6.54 Å². The number of aromatic nitrogens is 2. The van der Waals surface area contributed by atoms with Gasteiger partial charge in [-0.1, -0.05) is 11.6 Å². The first-order chi connectivity index (χ1) is 15.4. The maximum atomic E-state index is 14.2. The highest BCUT2D eigenvalue weighted by atomic mass is 35.5. The van der Waals surface area contributed by atoms with Gasteiger partial charge in [0.25, 0.3) is 0 Å². The molecule has 0 aliphatic carbocycles. The summed E-state index contributed by atoms with van der Waals surface area (Å²) in [5.41, 5.74) is 1.05. The highest BCUT2D eigenvalue weighted by Gasteiger charge is 2.23. The Labute approximate surface area is 189 Å². The fraction of sp³-hybridized carbons (Fsp3) is 0.261. The van der Waals surface area contributed by atoms with Crippen LogP contribution in [0.4, 0.5) is 9.18 Å². The Balaban J connectivity index is 1.35. The summed E-state index contributed by atoms with van der Waals surface area (Å²) in [7, 11) is 0. The second-order valence-electron chi connectivity index (χ2n) is 7.60. The molecule has 0 N–H and O–H groups in total. The van der Waals surface area contributed by atoms with Crippen molar-refractivity contribution < 1.29 is 18.7 Å². The zero-order valence-corrected chi connectivity index (χ0v) is 18.3. The number of rotatable bonds is 5. The maximum Gasteiger partial charge on any atom is 0.344 e. The molecule has 9 heteroatoms. The number of ether oxygens (including phenoxy) is 1. The summed E-state index contributed by atoms with van der Waals surface area (Å²) in [5, 5.41) is 4.63. The van der Waals surface area contributed by atoms with Crippen LogP contribution in [0.5, 0.6) is 11.5 Å². The van der Waals surface area contributed by atoms with E-state index in [1.807, 2.05) is 6.07 Å². The van der Waals surface area contributed by atoms with E-state index < -0.39 is 0 Å². The molecular formula is C23H22ClFN4O3. The molecule has 1 saturated heterocycles. The van der Waals surface area contributed by atoms with Gasteiger partial charge in [-0.15, -0.1) is 0 Å². The first-order valence-electron chi connectivity index (χ1n) is 10.2. The van der Waals surface area contributed by atoms with Gasteiger partial charge in [-0.3, -0.25) is 9.69 Å². The molecule has 2 heterocycles. The predicted molar refractivity (Wildman–Crippen MR) is 118 cm³/mol. The van der Waals surface area contributed by atoms with E-state index in [0.29, 0.717) is 49.2 Å². The number of piperazine rings is 1. The van der Waals surface area contributed by atoms with Crippen molar-refractivity contribution >= 4 is 23.4 Å². The molecule has 3 aromatic rings. The van der Waals surface area contributed by atoms with Gasteiger partial charge in [0.1, 0.15) is 23.0 Å². The molecular weight excluding hydrogens is 435 g/mol. The van der Waals surface area contributed by atoms with E-state index in [2.05, 4.69) is 10.00 Å². The van der Waals surface area contributed by atoms with E-state index in [1.165, 1.54) is 36.0 Å². The summed E-state index contributed by atoms with van der Waals surface area (Å²) in [6.07, 6.45) is 1.50. The van der Waals surface area contributed by atoms with Crippen molar-refractivity contribution in [3.8, 4) is 11.5 Å². The number of hydrogen-bond acceptors (Lipinski definition) is 5. The Bertz CT molecular complexity index is 1120. The smallest absolute Gasteiger partial charge is 0.344 e. The Kier molecular flexibility index (Phi) is 6.53. The number of amides is 1. The monoisotopic (exact) mass is 456 g/mol. The number of Topliss-reactive ketones (excluding diaryl/α,β-unsaturated/α-hetero) is 1. The lowest BCUT2D eigenvalue weighted by atomic mass is 10.1. The maximum absolute atomic E-state index is 14.2. The first-order valence-corrected chi connectivity index (χ1v) is 10.6. The Morgan fingerprint density at radius 3 is 2.41 bits per heavy atom. The zero-order chi connectivity index (χ0) is 22.7. The highest BCUT2D eigenvalue weighted by Crippen LogP contribution is 2.25. The van der Waals surface area contributed by atoms with Crippen molar-refractivity contribution in [2.45, 2.75) is 13.5 Å². The molecule has 0 spiro atoms. The summed E-state index contributed by atoms with van der Waals surface area (Å²) in [4.78, 5) is 27.8. The van der Waals surface area contributed by atoms with Crippen molar-refractivity contribution in [1.82, 2.24) is 19.6 Å². The van der Waals surface area contributed by atoms with Crippen LogP contribution in [0.15, 0.2) is 54.7 Å². The SMILES string of the molecule is CC(=O)c1ccn(C(=O)N2CCN(Cc3cc(F)cc(Oc4ccc(Cl)cc4)c3)CC2)n1. The van der Waals surface area contributed by atoms with Gasteiger partial charge in [0.15, 0.2) is 5.78 Å². The first kappa shape index (κ1) is 22.0. The molecule has 0 atom stereocenters. The van der Waals surface area contributed by atoms with Crippen LogP contribution in [0, 0.1) is 5.82 Å². The van der Waals surface area contributed by atoms with E-state index in [-0.39, 0.29) is 23.3 Å². The van der Waals surface area contributed by atoms with Crippen molar-refractivity contribution in [2.75, 3.05) is 26.2 Å². The summed E-state index contributed by atoms with van der Waals surface area (Å²) < 4.78 is 21.1. The van der Waals surface area contributed by atoms with Crippen LogP contribution >= 0.6 is 11.6 Å². The number of carbonyl (C=O) groups is 2. The highest BCUT2D eigenvalue weighted by molar-refractivity contribution is 6.30. The molecule has 4 rings (SSSR count). The second-order valence-corrected chi connectivity index (χ2v) is 8.04. The van der Waals surface area contributed by atoms with Gasteiger partial charge in [0.2, 0.25) is 0 Å². The third kappa shape index (κ3) is 5.33. The average molecular weight is 457 g/mol. The van der Waals surface area contributed by atoms with Gasteiger partial charge < -0.3 is 9.64 Å². The van der Waals surface area contributed by atoms with E-state index in [0.717, 1.165) is 5.56 Å². The third-order valence-electron chi connectivity index (χ3n) is 5.18. The third-order valence-corrected chi connectivity index (χ3v) is 5.43. The molecule has 166 valence electrons. The van der Waals surface area contributed by atoms with Crippen LogP contribution in [0.3, 0.4) is 0 Å². The van der Waals surface area contributed by atoms with E-state index in [1.54, 1.807) is 29.2 Å². The summed E-state index contributed by atoms with van der Waals surface area (Å²) >= 11 is 5.89. The molecule has 2 aromatic carbocycles. The molecule has 0 bridgehead atoms. The summed E-state index contributed by atoms with van der Waals surface area (Å²) in [5.74, 6) is 0.428. The molecule has 32 heavy (non-hydrogen) atoms. The van der Waals surface area contributed by atoms with Gasteiger partial charge in [-0.25, -0.2) is 9.18 Å². The number of ketones is 1. The van der Waals surface area contributed by atoms with Crippen LogP contribution < -0.4 is 4.74 Å². The lowest BCUT2D eigenvalue weighted by molar-refractivity contribution is 0.101. The number of carbonyl (C=O) groups excluding carboxylic acids is 2. The minimum atomic E-state index is -0.375. The van der Waals surface area contributed by atoms with Gasteiger partial charge in [-0.05, 0) is 48.0 Å². The minimum absolute atomic E-state index is 0.184. The van der Waals surface area contributed by atoms with Crippen molar-refractivity contribution in [3.63, 3.8) is 0 Å². The Hall–Kier alpha value is -3.23. The summed E-state index contributed by atoms with van der Waals surface area (Å²) in [6.45, 7) is 4.24. The number of halogens is 2. The second kappa shape index (κ2) is 9.50. The van der Waals surface area contributed by atoms with Crippen molar-refractivity contribution in [3.05, 3.63) is 76.8 Å². The van der Waals surface area contributed by atoms with Gasteiger partial charge in [-0.2, -0.15) is 9.78 Å². The van der Waals surface area contributed by atoms with Crippen LogP contribution in [-0.4, -0.2) is 57.6 Å². The van der Waals surface area contributed by atoms with E-state index >= 15 is 0 Å². The molecule has 0 radical (unpaired) electrons. The average Bonchev–Trinajstić information content (AvgIpc) is 3.26. The quantitative estimate of drug-likeness (QED) is 0.530. The molecule has 1 aliphatic rings. The van der Waals surface area contributed by atoms with Gasteiger partial charge in [0, 0.05) is 56.9 Å². The largest absolute Gasteiger partial charge is 0.457 e. The molecule has 0 unspecified atom stereocenters. The van der Waals surface area contributed by atoms with E-state index in [9.17, 15) is 14.0 Å². The predicted octanol–water partition coefficient (Wildman–Crippen LogP) is 4.46. The molecule has 1 aliphatic heterocycles. The zero-order valence-electron chi connectivity index (χ0n) is 17.5.